The maximum absolute atomic E-state index is 9.63. The molecule has 1 rings (SSSR count). The highest BCUT2D eigenvalue weighted by Gasteiger charge is 2.34. The van der Waals surface area contributed by atoms with Crippen molar-refractivity contribution in [3.05, 3.63) is 0 Å². The summed E-state index contributed by atoms with van der Waals surface area (Å²) in [5, 5.41) is 9.63. The lowest BCUT2D eigenvalue weighted by Crippen LogP contribution is -2.47. The highest BCUT2D eigenvalue weighted by Crippen LogP contribution is 2.29. The van der Waals surface area contributed by atoms with E-state index in [4.69, 9.17) is 4.74 Å². The summed E-state index contributed by atoms with van der Waals surface area (Å²) >= 11 is 0. The lowest BCUT2D eigenvalue weighted by atomic mass is 9.82. The lowest BCUT2D eigenvalue weighted by molar-refractivity contribution is -0.0592. The first-order chi connectivity index (χ1) is 7.63. The molecule has 1 saturated heterocycles. The number of aliphatic hydroxyl groups is 1. The van der Waals surface area contributed by atoms with Crippen LogP contribution in [0.2, 0.25) is 0 Å². The number of hydrogen-bond donors (Lipinski definition) is 1. The van der Waals surface area contributed by atoms with Gasteiger partial charge >= 0.3 is 0 Å². The van der Waals surface area contributed by atoms with Gasteiger partial charge in [-0.15, -0.1) is 0 Å². The molecule has 1 unspecified atom stereocenters. The van der Waals surface area contributed by atoms with Crippen molar-refractivity contribution < 1.29 is 9.84 Å². The molecule has 0 aromatic carbocycles. The van der Waals surface area contributed by atoms with Gasteiger partial charge in [-0.1, -0.05) is 6.92 Å². The van der Waals surface area contributed by atoms with Crippen LogP contribution in [0, 0.1) is 5.41 Å². The van der Waals surface area contributed by atoms with Crippen LogP contribution in [0.4, 0.5) is 0 Å². The molecule has 96 valence electrons. The van der Waals surface area contributed by atoms with Gasteiger partial charge in [0.2, 0.25) is 0 Å². The van der Waals surface area contributed by atoms with Crippen LogP contribution in [0.3, 0.4) is 0 Å². The Bertz CT molecular complexity index is 188. The smallest absolute Gasteiger partial charge is 0.0556 e. The molecule has 0 radical (unpaired) electrons. The van der Waals surface area contributed by atoms with E-state index >= 15 is 0 Å². The van der Waals surface area contributed by atoms with Gasteiger partial charge in [-0.3, -0.25) is 0 Å². The maximum atomic E-state index is 9.63. The van der Waals surface area contributed by atoms with E-state index in [2.05, 4.69) is 25.7 Å². The third-order valence-electron chi connectivity index (χ3n) is 3.52. The predicted octanol–water partition coefficient (Wildman–Crippen LogP) is 1.90. The standard InChI is InChI=1S/C13H27NO2/c1-4-7-14(12(2)3)9-13(10-15)6-5-8-16-11-13/h12,15H,4-11H2,1-3H3. The number of hydrogen-bond acceptors (Lipinski definition) is 3. The molecule has 3 nitrogen and oxygen atoms in total. The zero-order chi connectivity index (χ0) is 12.0. The fraction of sp³-hybridized carbons (Fsp3) is 1.00. The minimum Gasteiger partial charge on any atom is -0.396 e. The van der Waals surface area contributed by atoms with Gasteiger partial charge in [-0.25, -0.2) is 0 Å². The van der Waals surface area contributed by atoms with Crippen LogP contribution in [-0.2, 0) is 4.74 Å². The van der Waals surface area contributed by atoms with Crippen molar-refractivity contribution in [1.82, 2.24) is 4.90 Å². The Hall–Kier alpha value is -0.120. The second-order valence-electron chi connectivity index (χ2n) is 5.38. The fourth-order valence-electron chi connectivity index (χ4n) is 2.45. The van der Waals surface area contributed by atoms with Crippen molar-refractivity contribution in [2.45, 2.75) is 46.1 Å². The highest BCUT2D eigenvalue weighted by atomic mass is 16.5. The number of aliphatic hydroxyl groups excluding tert-OH is 1. The van der Waals surface area contributed by atoms with Crippen molar-refractivity contribution in [3.8, 4) is 0 Å². The van der Waals surface area contributed by atoms with Crippen molar-refractivity contribution >= 4 is 0 Å². The summed E-state index contributed by atoms with van der Waals surface area (Å²) in [4.78, 5) is 2.46. The summed E-state index contributed by atoms with van der Waals surface area (Å²) in [5.74, 6) is 0. The topological polar surface area (TPSA) is 32.7 Å². The number of ether oxygens (including phenoxy) is 1. The first-order valence-corrected chi connectivity index (χ1v) is 6.56. The molecule has 1 N–H and O–H groups in total. The van der Waals surface area contributed by atoms with E-state index in [0.29, 0.717) is 6.04 Å². The third-order valence-corrected chi connectivity index (χ3v) is 3.52. The molecule has 1 aliphatic heterocycles. The second-order valence-corrected chi connectivity index (χ2v) is 5.38. The molecule has 0 bridgehead atoms. The molecule has 1 aliphatic rings. The summed E-state index contributed by atoms with van der Waals surface area (Å²) in [7, 11) is 0. The Balaban J connectivity index is 2.57. The SMILES string of the molecule is CCCN(CC1(CO)CCCOC1)C(C)C. The molecule has 16 heavy (non-hydrogen) atoms. The van der Waals surface area contributed by atoms with E-state index in [9.17, 15) is 5.11 Å². The van der Waals surface area contributed by atoms with E-state index in [-0.39, 0.29) is 12.0 Å². The van der Waals surface area contributed by atoms with Crippen LogP contribution in [0.25, 0.3) is 0 Å². The first-order valence-electron chi connectivity index (χ1n) is 6.56. The van der Waals surface area contributed by atoms with E-state index in [1.165, 1.54) is 6.42 Å². The van der Waals surface area contributed by atoms with Crippen molar-refractivity contribution in [2.75, 3.05) is 32.9 Å². The maximum Gasteiger partial charge on any atom is 0.0556 e. The van der Waals surface area contributed by atoms with E-state index < -0.39 is 0 Å². The Morgan fingerprint density at radius 3 is 2.62 bits per heavy atom. The summed E-state index contributed by atoms with van der Waals surface area (Å²) < 4.78 is 5.55. The zero-order valence-electron chi connectivity index (χ0n) is 11.0. The molecule has 1 fully saturated rings. The Morgan fingerprint density at radius 1 is 1.44 bits per heavy atom. The Labute approximate surface area is 99.8 Å². The van der Waals surface area contributed by atoms with Gasteiger partial charge in [0.05, 0.1) is 13.2 Å². The van der Waals surface area contributed by atoms with Crippen molar-refractivity contribution in [2.24, 2.45) is 5.41 Å². The molecular formula is C13H27NO2. The third kappa shape index (κ3) is 3.72. The summed E-state index contributed by atoms with van der Waals surface area (Å²) in [5.41, 5.74) is -0.0162. The quantitative estimate of drug-likeness (QED) is 0.755. The van der Waals surface area contributed by atoms with Crippen LogP contribution in [-0.4, -0.2) is 49.0 Å². The van der Waals surface area contributed by atoms with Crippen LogP contribution >= 0.6 is 0 Å². The van der Waals surface area contributed by atoms with Gasteiger partial charge in [0.25, 0.3) is 0 Å². The van der Waals surface area contributed by atoms with E-state index in [0.717, 1.165) is 39.1 Å². The van der Waals surface area contributed by atoms with E-state index in [1.54, 1.807) is 0 Å². The molecule has 0 saturated carbocycles. The Morgan fingerprint density at radius 2 is 2.19 bits per heavy atom. The van der Waals surface area contributed by atoms with Crippen molar-refractivity contribution in [1.29, 1.82) is 0 Å². The van der Waals surface area contributed by atoms with Crippen LogP contribution < -0.4 is 0 Å². The van der Waals surface area contributed by atoms with Crippen LogP contribution in [0.15, 0.2) is 0 Å². The summed E-state index contributed by atoms with van der Waals surface area (Å²) in [6.45, 7) is 10.6. The molecule has 0 amide bonds. The van der Waals surface area contributed by atoms with Gasteiger partial charge in [0.15, 0.2) is 0 Å². The molecule has 1 heterocycles. The van der Waals surface area contributed by atoms with Crippen LogP contribution in [0.5, 0.6) is 0 Å². The zero-order valence-corrected chi connectivity index (χ0v) is 11.0. The molecule has 1 atom stereocenters. The second kappa shape index (κ2) is 6.58. The first kappa shape index (κ1) is 13.9. The Kier molecular flexibility index (Phi) is 5.73. The van der Waals surface area contributed by atoms with Crippen molar-refractivity contribution in [3.63, 3.8) is 0 Å². The number of rotatable bonds is 6. The fourth-order valence-corrected chi connectivity index (χ4v) is 2.45. The predicted molar refractivity (Wildman–Crippen MR) is 66.6 cm³/mol. The average Bonchev–Trinajstić information content (AvgIpc) is 2.29. The molecule has 0 aromatic heterocycles. The largest absolute Gasteiger partial charge is 0.396 e. The van der Waals surface area contributed by atoms with Gasteiger partial charge in [0.1, 0.15) is 0 Å². The molecular weight excluding hydrogens is 202 g/mol. The van der Waals surface area contributed by atoms with Gasteiger partial charge in [-0.2, -0.15) is 0 Å². The van der Waals surface area contributed by atoms with Gasteiger partial charge in [-0.05, 0) is 39.7 Å². The minimum atomic E-state index is -0.0162. The molecule has 0 aliphatic carbocycles. The van der Waals surface area contributed by atoms with E-state index in [1.807, 2.05) is 0 Å². The minimum absolute atomic E-state index is 0.0162. The number of nitrogens with zero attached hydrogens (tertiary/aromatic N) is 1. The average molecular weight is 229 g/mol. The highest BCUT2D eigenvalue weighted by molar-refractivity contribution is 4.85. The van der Waals surface area contributed by atoms with Gasteiger partial charge in [0, 0.05) is 24.6 Å². The molecule has 3 heteroatoms. The lowest BCUT2D eigenvalue weighted by Gasteiger charge is -2.41. The molecule has 0 spiro atoms. The monoisotopic (exact) mass is 229 g/mol. The summed E-state index contributed by atoms with van der Waals surface area (Å²) in [6.07, 6.45) is 3.34. The van der Waals surface area contributed by atoms with Gasteiger partial charge < -0.3 is 14.7 Å². The normalized spacial score (nSPS) is 26.6. The van der Waals surface area contributed by atoms with Crippen LogP contribution in [0.1, 0.15) is 40.0 Å². The summed E-state index contributed by atoms with van der Waals surface area (Å²) in [6, 6.07) is 0.547. The molecule has 0 aromatic rings.